The summed E-state index contributed by atoms with van der Waals surface area (Å²) in [6.07, 6.45) is 3.17. The van der Waals surface area contributed by atoms with Gasteiger partial charge in [0.25, 0.3) is 11.8 Å². The van der Waals surface area contributed by atoms with Crippen LogP contribution in [-0.2, 0) is 0 Å². The zero-order valence-electron chi connectivity index (χ0n) is 13.1. The summed E-state index contributed by atoms with van der Waals surface area (Å²) < 4.78 is 13.2. The summed E-state index contributed by atoms with van der Waals surface area (Å²) in [4.78, 5) is 28.1. The van der Waals surface area contributed by atoms with E-state index in [0.29, 0.717) is 16.9 Å². The monoisotopic (exact) mass is 335 g/mol. The van der Waals surface area contributed by atoms with Crippen LogP contribution >= 0.6 is 0 Å². The van der Waals surface area contributed by atoms with Crippen molar-refractivity contribution in [3.63, 3.8) is 0 Å². The fraction of sp³-hybridized carbons (Fsp3) is 0. The van der Waals surface area contributed by atoms with Gasteiger partial charge in [-0.05, 0) is 54.6 Å². The highest BCUT2D eigenvalue weighted by Gasteiger charge is 2.09. The largest absolute Gasteiger partial charge is 0.322 e. The number of nitrogens with zero attached hydrogens (tertiary/aromatic N) is 1. The molecule has 0 aliphatic rings. The summed E-state index contributed by atoms with van der Waals surface area (Å²) in [5.74, 6) is -1.17. The van der Waals surface area contributed by atoms with Gasteiger partial charge in [-0.25, -0.2) is 4.39 Å². The molecule has 0 radical (unpaired) electrons. The number of hydrogen-bond donors (Lipinski definition) is 2. The minimum atomic E-state index is -0.476. The van der Waals surface area contributed by atoms with Crippen LogP contribution in [0.15, 0.2) is 73.1 Å². The van der Waals surface area contributed by atoms with Crippen molar-refractivity contribution >= 4 is 23.2 Å². The van der Waals surface area contributed by atoms with Gasteiger partial charge in [-0.3, -0.25) is 14.6 Å². The zero-order chi connectivity index (χ0) is 17.6. The second-order valence-corrected chi connectivity index (χ2v) is 5.23. The van der Waals surface area contributed by atoms with Crippen molar-refractivity contribution in [1.82, 2.24) is 4.98 Å². The first-order chi connectivity index (χ1) is 12.1. The van der Waals surface area contributed by atoms with Gasteiger partial charge in [-0.15, -0.1) is 0 Å². The third-order valence-electron chi connectivity index (χ3n) is 3.43. The predicted octanol–water partition coefficient (Wildman–Crippen LogP) is 3.73. The molecule has 6 heteroatoms. The summed E-state index contributed by atoms with van der Waals surface area (Å²) >= 11 is 0. The molecule has 3 aromatic rings. The molecule has 0 bridgehead atoms. The molecule has 0 spiro atoms. The number of carbonyl (C=O) groups excluding carboxylic acids is 2. The van der Waals surface area contributed by atoms with Gasteiger partial charge in [0.05, 0.1) is 0 Å². The number of benzene rings is 2. The molecule has 0 aliphatic heterocycles. The van der Waals surface area contributed by atoms with Gasteiger partial charge in [-0.1, -0.05) is 6.07 Å². The lowest BCUT2D eigenvalue weighted by Crippen LogP contribution is -2.13. The minimum absolute atomic E-state index is 0.222. The summed E-state index contributed by atoms with van der Waals surface area (Å²) in [6, 6.07) is 15.2. The van der Waals surface area contributed by atoms with Crippen LogP contribution in [0, 0.1) is 5.82 Å². The second kappa shape index (κ2) is 7.35. The Balaban J connectivity index is 1.66. The van der Waals surface area contributed by atoms with Crippen molar-refractivity contribution in [1.29, 1.82) is 0 Å². The number of nitrogens with one attached hydrogen (secondary N) is 2. The lowest BCUT2D eigenvalue weighted by atomic mass is 10.1. The van der Waals surface area contributed by atoms with E-state index in [-0.39, 0.29) is 11.5 Å². The third kappa shape index (κ3) is 4.26. The van der Waals surface area contributed by atoms with Crippen LogP contribution in [0.5, 0.6) is 0 Å². The molecule has 0 aliphatic carbocycles. The molecule has 0 unspecified atom stereocenters. The normalized spacial score (nSPS) is 10.1. The molecule has 3 rings (SSSR count). The lowest BCUT2D eigenvalue weighted by molar-refractivity contribution is 0.101. The van der Waals surface area contributed by atoms with Crippen LogP contribution in [0.2, 0.25) is 0 Å². The molecule has 124 valence electrons. The highest BCUT2D eigenvalue weighted by atomic mass is 19.1. The van der Waals surface area contributed by atoms with E-state index in [0.717, 1.165) is 6.07 Å². The predicted molar refractivity (Wildman–Crippen MR) is 93.0 cm³/mol. The minimum Gasteiger partial charge on any atom is -0.322 e. The van der Waals surface area contributed by atoms with Gasteiger partial charge in [0.2, 0.25) is 0 Å². The number of rotatable bonds is 4. The van der Waals surface area contributed by atoms with Crippen LogP contribution in [-0.4, -0.2) is 16.8 Å². The average Bonchev–Trinajstić information content (AvgIpc) is 2.63. The molecular formula is C19H14FN3O2. The highest BCUT2D eigenvalue weighted by molar-refractivity contribution is 6.06. The Morgan fingerprint density at radius 1 is 0.760 bits per heavy atom. The van der Waals surface area contributed by atoms with E-state index >= 15 is 0 Å². The Bertz CT molecular complexity index is 896. The molecule has 1 aromatic heterocycles. The van der Waals surface area contributed by atoms with E-state index in [2.05, 4.69) is 15.6 Å². The number of hydrogen-bond acceptors (Lipinski definition) is 3. The molecule has 0 saturated carbocycles. The molecule has 2 aromatic carbocycles. The number of aromatic nitrogens is 1. The summed E-state index contributed by atoms with van der Waals surface area (Å²) in [7, 11) is 0. The van der Waals surface area contributed by atoms with E-state index in [1.807, 2.05) is 0 Å². The van der Waals surface area contributed by atoms with Crippen LogP contribution in [0.1, 0.15) is 20.7 Å². The molecule has 5 nitrogen and oxygen atoms in total. The maximum atomic E-state index is 13.2. The number of pyridine rings is 1. The Morgan fingerprint density at radius 3 is 2.00 bits per heavy atom. The quantitative estimate of drug-likeness (QED) is 0.763. The molecule has 0 fully saturated rings. The van der Waals surface area contributed by atoms with Crippen molar-refractivity contribution in [2.24, 2.45) is 0 Å². The molecular weight excluding hydrogens is 321 g/mol. The molecule has 1 heterocycles. The number of anilines is 2. The smallest absolute Gasteiger partial charge is 0.255 e. The topological polar surface area (TPSA) is 71.1 Å². The second-order valence-electron chi connectivity index (χ2n) is 5.23. The molecule has 0 saturated heterocycles. The maximum absolute atomic E-state index is 13.2. The first kappa shape index (κ1) is 16.3. The third-order valence-corrected chi connectivity index (χ3v) is 3.43. The van der Waals surface area contributed by atoms with Crippen molar-refractivity contribution < 1.29 is 14.0 Å². The Kier molecular flexibility index (Phi) is 4.80. The average molecular weight is 335 g/mol. The van der Waals surface area contributed by atoms with E-state index in [9.17, 15) is 14.0 Å². The van der Waals surface area contributed by atoms with E-state index < -0.39 is 11.7 Å². The van der Waals surface area contributed by atoms with E-state index in [1.165, 1.54) is 18.2 Å². The van der Waals surface area contributed by atoms with Crippen molar-refractivity contribution in [3.05, 3.63) is 90.0 Å². The van der Waals surface area contributed by atoms with Gasteiger partial charge in [0.1, 0.15) is 5.82 Å². The maximum Gasteiger partial charge on any atom is 0.255 e. The van der Waals surface area contributed by atoms with Crippen molar-refractivity contribution in [3.8, 4) is 0 Å². The van der Waals surface area contributed by atoms with Gasteiger partial charge in [0.15, 0.2) is 0 Å². The van der Waals surface area contributed by atoms with Crippen LogP contribution in [0.3, 0.4) is 0 Å². The molecule has 25 heavy (non-hydrogen) atoms. The molecule has 2 N–H and O–H groups in total. The number of amides is 2. The standard InChI is InChI=1S/C19H14FN3O2/c20-15-3-1-2-14(12-15)19(25)22-16-6-4-13(5-7-16)18(24)23-17-8-10-21-11-9-17/h1-12H,(H,22,25)(H,21,23,24). The highest BCUT2D eigenvalue weighted by Crippen LogP contribution is 2.14. The molecule has 0 atom stereocenters. The van der Waals surface area contributed by atoms with Crippen LogP contribution in [0.25, 0.3) is 0 Å². The van der Waals surface area contributed by atoms with Gasteiger partial charge in [0, 0.05) is 34.9 Å². The lowest BCUT2D eigenvalue weighted by Gasteiger charge is -2.08. The SMILES string of the molecule is O=C(Nc1ccncc1)c1ccc(NC(=O)c2cccc(F)c2)cc1. The fourth-order valence-corrected chi connectivity index (χ4v) is 2.18. The van der Waals surface area contributed by atoms with Gasteiger partial charge < -0.3 is 10.6 Å². The van der Waals surface area contributed by atoms with Gasteiger partial charge >= 0.3 is 0 Å². The Labute approximate surface area is 143 Å². The Hall–Kier alpha value is -3.54. The van der Waals surface area contributed by atoms with Gasteiger partial charge in [-0.2, -0.15) is 0 Å². The molecule has 2 amide bonds. The van der Waals surface area contributed by atoms with E-state index in [1.54, 1.807) is 48.8 Å². The number of carbonyl (C=O) groups is 2. The summed E-state index contributed by atoms with van der Waals surface area (Å²) in [5, 5.41) is 5.40. The zero-order valence-corrected chi connectivity index (χ0v) is 13.1. The van der Waals surface area contributed by atoms with E-state index in [4.69, 9.17) is 0 Å². The van der Waals surface area contributed by atoms with Crippen molar-refractivity contribution in [2.45, 2.75) is 0 Å². The summed E-state index contributed by atoms with van der Waals surface area (Å²) in [5.41, 5.74) is 1.82. The Morgan fingerprint density at radius 2 is 1.36 bits per heavy atom. The first-order valence-corrected chi connectivity index (χ1v) is 7.50. The van der Waals surface area contributed by atoms with Crippen LogP contribution in [0.4, 0.5) is 15.8 Å². The van der Waals surface area contributed by atoms with Crippen LogP contribution < -0.4 is 10.6 Å². The number of halogens is 1. The summed E-state index contributed by atoms with van der Waals surface area (Å²) in [6.45, 7) is 0. The fourth-order valence-electron chi connectivity index (χ4n) is 2.18. The first-order valence-electron chi connectivity index (χ1n) is 7.50. The van der Waals surface area contributed by atoms with Crippen molar-refractivity contribution in [2.75, 3.05) is 10.6 Å².